The minimum atomic E-state index is -4.86. The Labute approximate surface area is 224 Å². The van der Waals surface area contributed by atoms with E-state index in [-0.39, 0.29) is 39.3 Å². The molecule has 0 spiro atoms. The number of aromatic nitrogens is 3. The molecule has 39 heavy (non-hydrogen) atoms. The lowest BCUT2D eigenvalue weighted by atomic mass is 10.1. The third-order valence-corrected chi connectivity index (χ3v) is 6.84. The molecule has 0 aliphatic carbocycles. The van der Waals surface area contributed by atoms with Gasteiger partial charge in [-0.15, -0.1) is 10.2 Å². The Hall–Kier alpha value is -4.49. The van der Waals surface area contributed by atoms with Crippen molar-refractivity contribution in [2.75, 3.05) is 16.4 Å². The number of urea groups is 1. The highest BCUT2D eigenvalue weighted by Crippen LogP contribution is 2.36. The van der Waals surface area contributed by atoms with E-state index in [0.29, 0.717) is 5.69 Å². The molecule has 1 aromatic heterocycles. The standard InChI is InChI=1S/C20H16ClN9O7S2/c21-17-26-18(22)28-20(27-17)24-10-4-5-12(13(7-10)25-19(23)31)29-30-14-8-11-9(6-16(14)39(35,36)37)2-1-3-15(11)38(32,33)34/h1-8H,(H3,23,25,31)(H,32,33,34)(H,35,36,37)(H3,22,24,26,27,28). The van der Waals surface area contributed by atoms with E-state index in [0.717, 1.165) is 18.2 Å². The normalized spacial score (nSPS) is 12.1. The largest absolute Gasteiger partial charge is 0.368 e. The van der Waals surface area contributed by atoms with Gasteiger partial charge in [-0.25, -0.2) is 4.79 Å². The first-order valence-corrected chi connectivity index (χ1v) is 13.5. The van der Waals surface area contributed by atoms with Crippen molar-refractivity contribution in [3.05, 3.63) is 53.8 Å². The molecule has 8 N–H and O–H groups in total. The molecule has 4 aromatic rings. The lowest BCUT2D eigenvalue weighted by Gasteiger charge is -2.11. The Bertz CT molecular complexity index is 1860. The fourth-order valence-electron chi connectivity index (χ4n) is 3.37. The van der Waals surface area contributed by atoms with Gasteiger partial charge in [-0.1, -0.05) is 12.1 Å². The highest BCUT2D eigenvalue weighted by Gasteiger charge is 2.21. The summed E-state index contributed by atoms with van der Waals surface area (Å²) < 4.78 is 67.0. The van der Waals surface area contributed by atoms with Gasteiger partial charge in [-0.3, -0.25) is 9.11 Å². The predicted molar refractivity (Wildman–Crippen MR) is 140 cm³/mol. The van der Waals surface area contributed by atoms with Gasteiger partial charge in [0.1, 0.15) is 21.2 Å². The van der Waals surface area contributed by atoms with Crippen molar-refractivity contribution < 1.29 is 30.7 Å². The molecule has 0 saturated heterocycles. The molecule has 0 bridgehead atoms. The quantitative estimate of drug-likeness (QED) is 0.133. The molecule has 0 aliphatic rings. The first kappa shape index (κ1) is 27.5. The number of hydrogen-bond donors (Lipinski definition) is 6. The van der Waals surface area contributed by atoms with Crippen LogP contribution in [-0.2, 0) is 20.2 Å². The van der Waals surface area contributed by atoms with Crippen molar-refractivity contribution in [3.63, 3.8) is 0 Å². The van der Waals surface area contributed by atoms with Crippen molar-refractivity contribution in [3.8, 4) is 0 Å². The number of nitrogens with zero attached hydrogens (tertiary/aromatic N) is 5. The number of nitrogens with two attached hydrogens (primary N) is 2. The number of halogens is 1. The molecule has 0 aliphatic heterocycles. The number of primary amides is 1. The minimum absolute atomic E-state index is 0.00260. The molecule has 202 valence electrons. The average molecular weight is 594 g/mol. The monoisotopic (exact) mass is 593 g/mol. The maximum atomic E-state index is 12.0. The summed E-state index contributed by atoms with van der Waals surface area (Å²) in [5.74, 6) is -0.170. The molecule has 19 heteroatoms. The number of amides is 2. The molecule has 0 unspecified atom stereocenters. The summed E-state index contributed by atoms with van der Waals surface area (Å²) in [6, 6.07) is 8.90. The van der Waals surface area contributed by atoms with Crippen molar-refractivity contribution >= 4 is 83.3 Å². The van der Waals surface area contributed by atoms with Crippen LogP contribution in [0, 0.1) is 0 Å². The topological polar surface area (TPSA) is 265 Å². The van der Waals surface area contributed by atoms with E-state index >= 15 is 0 Å². The Morgan fingerprint density at radius 3 is 2.23 bits per heavy atom. The summed E-state index contributed by atoms with van der Waals surface area (Å²) in [4.78, 5) is 21.7. The van der Waals surface area contributed by atoms with E-state index in [4.69, 9.17) is 23.1 Å². The number of benzene rings is 3. The number of carbonyl (C=O) groups excluding carboxylic acids is 1. The number of rotatable bonds is 7. The van der Waals surface area contributed by atoms with Crippen LogP contribution < -0.4 is 22.1 Å². The van der Waals surface area contributed by atoms with E-state index in [9.17, 15) is 30.7 Å². The van der Waals surface area contributed by atoms with Gasteiger partial charge in [0.05, 0.1) is 5.69 Å². The molecule has 0 fully saturated rings. The Kier molecular flexibility index (Phi) is 7.31. The summed E-state index contributed by atoms with van der Waals surface area (Å²) in [5.41, 5.74) is 10.6. The van der Waals surface area contributed by atoms with Crippen LogP contribution in [0.3, 0.4) is 0 Å². The van der Waals surface area contributed by atoms with Gasteiger partial charge in [0.15, 0.2) is 0 Å². The molecule has 3 aromatic carbocycles. The van der Waals surface area contributed by atoms with Crippen molar-refractivity contribution in [2.45, 2.75) is 9.79 Å². The first-order chi connectivity index (χ1) is 18.2. The lowest BCUT2D eigenvalue weighted by Crippen LogP contribution is -2.19. The Morgan fingerprint density at radius 2 is 1.59 bits per heavy atom. The first-order valence-electron chi connectivity index (χ1n) is 10.3. The van der Waals surface area contributed by atoms with E-state index in [1.165, 1.54) is 30.3 Å². The number of anilines is 4. The fraction of sp³-hybridized carbons (Fsp3) is 0. The van der Waals surface area contributed by atoms with E-state index < -0.39 is 41.7 Å². The summed E-state index contributed by atoms with van der Waals surface area (Å²) in [6.07, 6.45) is 0. The molecular formula is C20H16ClN9O7S2. The lowest BCUT2D eigenvalue weighted by molar-refractivity contribution is 0.259. The van der Waals surface area contributed by atoms with Crippen LogP contribution in [0.4, 0.5) is 39.4 Å². The predicted octanol–water partition coefficient (Wildman–Crippen LogP) is 3.40. The number of nitrogen functional groups attached to an aromatic ring is 1. The van der Waals surface area contributed by atoms with Crippen molar-refractivity contribution in [2.24, 2.45) is 16.0 Å². The maximum absolute atomic E-state index is 12.0. The van der Waals surface area contributed by atoms with Gasteiger partial charge in [0, 0.05) is 11.1 Å². The smallest absolute Gasteiger partial charge is 0.316 e. The van der Waals surface area contributed by atoms with E-state index in [2.05, 4.69) is 35.8 Å². The van der Waals surface area contributed by atoms with Crippen LogP contribution in [0.1, 0.15) is 0 Å². The Morgan fingerprint density at radius 1 is 0.897 bits per heavy atom. The molecule has 1 heterocycles. The molecule has 0 atom stereocenters. The van der Waals surface area contributed by atoms with Crippen LogP contribution >= 0.6 is 11.6 Å². The van der Waals surface area contributed by atoms with Crippen LogP contribution in [0.2, 0.25) is 5.28 Å². The van der Waals surface area contributed by atoms with E-state index in [1.54, 1.807) is 0 Å². The SMILES string of the molecule is NC(=O)Nc1cc(Nc2nc(N)nc(Cl)n2)ccc1N=Nc1cc2c(S(=O)(=O)O)cccc2cc1S(=O)(=O)O. The number of fused-ring (bicyclic) bond motifs is 1. The summed E-state index contributed by atoms with van der Waals surface area (Å²) in [7, 11) is -9.56. The maximum Gasteiger partial charge on any atom is 0.316 e. The van der Waals surface area contributed by atoms with Gasteiger partial charge >= 0.3 is 6.03 Å². The van der Waals surface area contributed by atoms with Crippen LogP contribution in [0.15, 0.2) is 68.6 Å². The molecule has 2 amide bonds. The highest BCUT2D eigenvalue weighted by molar-refractivity contribution is 7.86. The van der Waals surface area contributed by atoms with Crippen molar-refractivity contribution in [1.82, 2.24) is 15.0 Å². The number of nitrogens with one attached hydrogen (secondary N) is 2. The second-order valence-electron chi connectivity index (χ2n) is 7.58. The van der Waals surface area contributed by atoms with Gasteiger partial charge in [-0.05, 0) is 53.4 Å². The third-order valence-electron chi connectivity index (χ3n) is 4.88. The Balaban J connectivity index is 1.81. The molecular weight excluding hydrogens is 578 g/mol. The second kappa shape index (κ2) is 10.3. The fourth-order valence-corrected chi connectivity index (χ4v) is 4.88. The van der Waals surface area contributed by atoms with Crippen LogP contribution in [0.25, 0.3) is 10.8 Å². The van der Waals surface area contributed by atoms with Crippen molar-refractivity contribution in [1.29, 1.82) is 0 Å². The van der Waals surface area contributed by atoms with Gasteiger partial charge in [-0.2, -0.15) is 31.8 Å². The molecule has 16 nitrogen and oxygen atoms in total. The van der Waals surface area contributed by atoms with E-state index in [1.807, 2.05) is 0 Å². The number of azo groups is 1. The minimum Gasteiger partial charge on any atom is -0.368 e. The average Bonchev–Trinajstić information content (AvgIpc) is 2.80. The van der Waals surface area contributed by atoms with Gasteiger partial charge in [0.2, 0.25) is 17.2 Å². The number of carbonyl (C=O) groups is 1. The van der Waals surface area contributed by atoms with Crippen LogP contribution in [0.5, 0.6) is 0 Å². The van der Waals surface area contributed by atoms with Crippen LogP contribution in [-0.4, -0.2) is 46.9 Å². The zero-order valence-corrected chi connectivity index (χ0v) is 21.5. The molecule has 0 radical (unpaired) electrons. The molecule has 0 saturated carbocycles. The summed E-state index contributed by atoms with van der Waals surface area (Å²) in [5, 5.41) is 12.7. The second-order valence-corrected chi connectivity index (χ2v) is 10.7. The zero-order valence-electron chi connectivity index (χ0n) is 19.1. The zero-order chi connectivity index (χ0) is 28.5. The molecule has 4 rings (SSSR count). The third kappa shape index (κ3) is 6.51. The highest BCUT2D eigenvalue weighted by atomic mass is 35.5. The van der Waals surface area contributed by atoms with Gasteiger partial charge in [0.25, 0.3) is 20.2 Å². The number of hydrogen-bond acceptors (Lipinski definition) is 12. The summed E-state index contributed by atoms with van der Waals surface area (Å²) >= 11 is 5.77. The van der Waals surface area contributed by atoms with Gasteiger partial charge < -0.3 is 22.1 Å². The summed E-state index contributed by atoms with van der Waals surface area (Å²) in [6.45, 7) is 0.